The van der Waals surface area contributed by atoms with Gasteiger partial charge in [-0.1, -0.05) is 17.7 Å². The first-order valence-electron chi connectivity index (χ1n) is 7.17. The normalized spacial score (nSPS) is 11.4. The lowest BCUT2D eigenvalue weighted by Crippen LogP contribution is -2.30. The van der Waals surface area contributed by atoms with Gasteiger partial charge >= 0.3 is 6.18 Å². The maximum atomic E-state index is 12.7. The van der Waals surface area contributed by atoms with Crippen LogP contribution in [0.15, 0.2) is 30.5 Å². The Balaban J connectivity index is 1.78. The van der Waals surface area contributed by atoms with Crippen LogP contribution in [0.2, 0.25) is 5.02 Å². The Morgan fingerprint density at radius 1 is 1.38 bits per heavy atom. The maximum Gasteiger partial charge on any atom is 0.416 e. The molecule has 0 amide bonds. The SMILES string of the molecule is Cc1c(Cl)cnn1CCCNC(=S)Nc1cccc(C(F)(F)F)c1. The Morgan fingerprint density at radius 3 is 2.75 bits per heavy atom. The molecule has 1 aromatic heterocycles. The van der Waals surface area contributed by atoms with Gasteiger partial charge in [0.25, 0.3) is 0 Å². The van der Waals surface area contributed by atoms with E-state index >= 15 is 0 Å². The first-order valence-corrected chi connectivity index (χ1v) is 7.96. The van der Waals surface area contributed by atoms with E-state index in [4.69, 9.17) is 23.8 Å². The number of aryl methyl sites for hydroxylation is 1. The highest BCUT2D eigenvalue weighted by Gasteiger charge is 2.30. The highest BCUT2D eigenvalue weighted by molar-refractivity contribution is 7.80. The molecule has 0 spiro atoms. The predicted molar refractivity (Wildman–Crippen MR) is 92.3 cm³/mol. The van der Waals surface area contributed by atoms with Crippen LogP contribution in [0, 0.1) is 6.92 Å². The van der Waals surface area contributed by atoms with Gasteiger partial charge in [-0.3, -0.25) is 4.68 Å². The molecular formula is C15H16ClF3N4S. The summed E-state index contributed by atoms with van der Waals surface area (Å²) < 4.78 is 39.8. The molecule has 0 aliphatic carbocycles. The Labute approximate surface area is 148 Å². The zero-order chi connectivity index (χ0) is 17.7. The third kappa shape index (κ3) is 5.10. The molecule has 2 N–H and O–H groups in total. The largest absolute Gasteiger partial charge is 0.416 e. The molecule has 0 atom stereocenters. The summed E-state index contributed by atoms with van der Waals surface area (Å²) in [6.07, 6.45) is -2.05. The number of rotatable bonds is 5. The molecular weight excluding hydrogens is 361 g/mol. The van der Waals surface area contributed by atoms with Crippen LogP contribution in [0.3, 0.4) is 0 Å². The number of nitrogens with zero attached hydrogens (tertiary/aromatic N) is 2. The third-order valence-electron chi connectivity index (χ3n) is 3.32. The van der Waals surface area contributed by atoms with E-state index in [9.17, 15) is 13.2 Å². The maximum absolute atomic E-state index is 12.7. The van der Waals surface area contributed by atoms with Gasteiger partial charge < -0.3 is 10.6 Å². The van der Waals surface area contributed by atoms with Crippen molar-refractivity contribution in [1.82, 2.24) is 15.1 Å². The lowest BCUT2D eigenvalue weighted by Gasteiger charge is -2.13. The van der Waals surface area contributed by atoms with Gasteiger partial charge in [-0.25, -0.2) is 0 Å². The Hall–Kier alpha value is -1.80. The van der Waals surface area contributed by atoms with Crippen LogP contribution in [0.4, 0.5) is 18.9 Å². The van der Waals surface area contributed by atoms with Crippen molar-refractivity contribution in [1.29, 1.82) is 0 Å². The van der Waals surface area contributed by atoms with Crippen LogP contribution >= 0.6 is 23.8 Å². The van der Waals surface area contributed by atoms with E-state index in [-0.39, 0.29) is 10.8 Å². The molecule has 0 unspecified atom stereocenters. The molecule has 4 nitrogen and oxygen atoms in total. The molecule has 0 saturated heterocycles. The van der Waals surface area contributed by atoms with Crippen molar-refractivity contribution in [2.24, 2.45) is 0 Å². The summed E-state index contributed by atoms with van der Waals surface area (Å²) in [5.41, 5.74) is 0.458. The summed E-state index contributed by atoms with van der Waals surface area (Å²) in [5.74, 6) is 0. The molecule has 2 aromatic rings. The average Bonchev–Trinajstić information content (AvgIpc) is 2.83. The summed E-state index contributed by atoms with van der Waals surface area (Å²) in [4.78, 5) is 0. The molecule has 1 aromatic carbocycles. The third-order valence-corrected chi connectivity index (χ3v) is 3.94. The number of alkyl halides is 3. The molecule has 130 valence electrons. The number of anilines is 1. The smallest absolute Gasteiger partial charge is 0.362 e. The van der Waals surface area contributed by atoms with Crippen LogP contribution in [0.1, 0.15) is 17.7 Å². The number of aromatic nitrogens is 2. The summed E-state index contributed by atoms with van der Waals surface area (Å²) >= 11 is 11.0. The van der Waals surface area contributed by atoms with Crippen molar-refractivity contribution in [3.05, 3.63) is 46.7 Å². The fourth-order valence-corrected chi connectivity index (χ4v) is 2.39. The number of nitrogens with one attached hydrogen (secondary N) is 2. The number of hydrogen-bond acceptors (Lipinski definition) is 2. The first kappa shape index (κ1) is 18.5. The van der Waals surface area contributed by atoms with E-state index in [0.29, 0.717) is 18.1 Å². The second-order valence-corrected chi connectivity index (χ2v) is 5.93. The van der Waals surface area contributed by atoms with Crippen molar-refractivity contribution in [2.75, 3.05) is 11.9 Å². The van der Waals surface area contributed by atoms with E-state index in [0.717, 1.165) is 24.2 Å². The number of hydrogen-bond donors (Lipinski definition) is 2. The van der Waals surface area contributed by atoms with Crippen molar-refractivity contribution in [3.63, 3.8) is 0 Å². The topological polar surface area (TPSA) is 41.9 Å². The van der Waals surface area contributed by atoms with E-state index < -0.39 is 11.7 Å². The zero-order valence-corrected chi connectivity index (χ0v) is 14.4. The van der Waals surface area contributed by atoms with Gasteiger partial charge in [-0.15, -0.1) is 0 Å². The number of halogens is 4. The Morgan fingerprint density at radius 2 is 2.12 bits per heavy atom. The summed E-state index contributed by atoms with van der Waals surface area (Å²) in [6.45, 7) is 3.10. The van der Waals surface area contributed by atoms with Crippen LogP contribution in [-0.2, 0) is 12.7 Å². The van der Waals surface area contributed by atoms with Crippen molar-refractivity contribution in [3.8, 4) is 0 Å². The molecule has 9 heteroatoms. The molecule has 0 radical (unpaired) electrons. The lowest BCUT2D eigenvalue weighted by atomic mass is 10.2. The van der Waals surface area contributed by atoms with Gasteiger partial charge in [-0.05, 0) is 43.8 Å². The fraction of sp³-hybridized carbons (Fsp3) is 0.333. The van der Waals surface area contributed by atoms with Crippen molar-refractivity contribution < 1.29 is 13.2 Å². The molecule has 0 aliphatic heterocycles. The highest BCUT2D eigenvalue weighted by Crippen LogP contribution is 2.30. The van der Waals surface area contributed by atoms with Crippen molar-refractivity contribution in [2.45, 2.75) is 26.1 Å². The molecule has 24 heavy (non-hydrogen) atoms. The van der Waals surface area contributed by atoms with Gasteiger partial charge in [0.1, 0.15) is 0 Å². The van der Waals surface area contributed by atoms with Gasteiger partial charge in [0.15, 0.2) is 5.11 Å². The van der Waals surface area contributed by atoms with Gasteiger partial charge in [0.2, 0.25) is 0 Å². The van der Waals surface area contributed by atoms with Gasteiger partial charge in [0.05, 0.1) is 22.5 Å². The summed E-state index contributed by atoms with van der Waals surface area (Å²) in [5, 5.41) is 10.7. The van der Waals surface area contributed by atoms with E-state index in [1.807, 2.05) is 6.92 Å². The molecule has 1 heterocycles. The quantitative estimate of drug-likeness (QED) is 0.605. The average molecular weight is 377 g/mol. The standard InChI is InChI=1S/C15H16ClF3N4S/c1-10-13(16)9-21-23(10)7-3-6-20-14(24)22-12-5-2-4-11(8-12)15(17,18)19/h2,4-5,8-9H,3,6-7H2,1H3,(H2,20,22,24). The lowest BCUT2D eigenvalue weighted by molar-refractivity contribution is -0.137. The van der Waals surface area contributed by atoms with Crippen LogP contribution < -0.4 is 10.6 Å². The Bertz CT molecular complexity index is 715. The van der Waals surface area contributed by atoms with Crippen molar-refractivity contribution >= 4 is 34.6 Å². The van der Waals surface area contributed by atoms with Gasteiger partial charge in [-0.2, -0.15) is 18.3 Å². The van der Waals surface area contributed by atoms with Gasteiger partial charge in [0, 0.05) is 18.8 Å². The fourth-order valence-electron chi connectivity index (χ4n) is 2.03. The summed E-state index contributed by atoms with van der Waals surface area (Å²) in [7, 11) is 0. The van der Waals surface area contributed by atoms with Crippen LogP contribution in [0.25, 0.3) is 0 Å². The second kappa shape index (κ2) is 7.85. The summed E-state index contributed by atoms with van der Waals surface area (Å²) in [6, 6.07) is 4.89. The zero-order valence-electron chi connectivity index (χ0n) is 12.8. The minimum Gasteiger partial charge on any atom is -0.362 e. The predicted octanol–water partition coefficient (Wildman–Crippen LogP) is 4.24. The molecule has 0 saturated carbocycles. The minimum atomic E-state index is -4.38. The molecule has 0 fully saturated rings. The van der Waals surface area contributed by atoms with Crippen LogP contribution in [-0.4, -0.2) is 21.4 Å². The molecule has 2 rings (SSSR count). The van der Waals surface area contributed by atoms with Crippen LogP contribution in [0.5, 0.6) is 0 Å². The van der Waals surface area contributed by atoms with E-state index in [1.54, 1.807) is 10.9 Å². The monoisotopic (exact) mass is 376 g/mol. The second-order valence-electron chi connectivity index (χ2n) is 5.11. The number of thiocarbonyl (C=S) groups is 1. The molecule has 0 aliphatic rings. The highest BCUT2D eigenvalue weighted by atomic mass is 35.5. The molecule has 0 bridgehead atoms. The number of benzene rings is 1. The first-order chi connectivity index (χ1) is 11.3. The van der Waals surface area contributed by atoms with E-state index in [2.05, 4.69) is 15.7 Å². The minimum absolute atomic E-state index is 0.268. The Kier molecular flexibility index (Phi) is 6.06. The van der Waals surface area contributed by atoms with E-state index in [1.165, 1.54) is 12.1 Å².